The Labute approximate surface area is 145 Å². The maximum Gasteiger partial charge on any atom is 0.330 e. The molecule has 0 radical (unpaired) electrons. The molecule has 132 valence electrons. The molecule has 1 aromatic carbocycles. The van der Waals surface area contributed by atoms with Crippen LogP contribution in [0.15, 0.2) is 39.9 Å². The molecule has 1 heterocycles. The maximum atomic E-state index is 12.7. The highest BCUT2D eigenvalue weighted by atomic mass is 16.2. The third kappa shape index (κ3) is 3.41. The fraction of sp³-hybridized carbons (Fsp3) is 0.389. The molecule has 1 saturated carbocycles. The lowest BCUT2D eigenvalue weighted by atomic mass is 10.1. The van der Waals surface area contributed by atoms with Gasteiger partial charge < -0.3 is 5.73 Å². The fourth-order valence-electron chi connectivity index (χ4n) is 2.96. The van der Waals surface area contributed by atoms with Crippen LogP contribution in [0.4, 0.5) is 5.82 Å². The SMILES string of the molecule is CC(c1ccccc1)N(C)CC(=O)c1c(N)n(C2CC2)c(=O)[nH]c1=O. The van der Waals surface area contributed by atoms with Gasteiger partial charge in [-0.05, 0) is 32.4 Å². The maximum absolute atomic E-state index is 12.7. The van der Waals surface area contributed by atoms with E-state index in [-0.39, 0.29) is 30.0 Å². The number of nitrogens with one attached hydrogen (secondary N) is 1. The van der Waals surface area contributed by atoms with Crippen molar-refractivity contribution in [3.63, 3.8) is 0 Å². The minimum atomic E-state index is -0.717. The number of benzene rings is 1. The van der Waals surface area contributed by atoms with Crippen LogP contribution in [0.5, 0.6) is 0 Å². The predicted molar refractivity (Wildman–Crippen MR) is 95.8 cm³/mol. The van der Waals surface area contributed by atoms with Crippen molar-refractivity contribution in [1.29, 1.82) is 0 Å². The summed E-state index contributed by atoms with van der Waals surface area (Å²) < 4.78 is 1.33. The summed E-state index contributed by atoms with van der Waals surface area (Å²) in [6, 6.07) is 9.77. The number of anilines is 1. The van der Waals surface area contributed by atoms with Crippen molar-refractivity contribution in [2.75, 3.05) is 19.3 Å². The Morgan fingerprint density at radius 1 is 1.32 bits per heavy atom. The van der Waals surface area contributed by atoms with Crippen LogP contribution in [0.3, 0.4) is 0 Å². The molecule has 25 heavy (non-hydrogen) atoms. The number of H-pyrrole nitrogens is 1. The number of carbonyl (C=O) groups is 1. The van der Waals surface area contributed by atoms with Crippen LogP contribution in [0, 0.1) is 0 Å². The van der Waals surface area contributed by atoms with Gasteiger partial charge >= 0.3 is 5.69 Å². The molecule has 3 N–H and O–H groups in total. The number of likely N-dealkylation sites (N-methyl/N-ethyl adjacent to an activating group) is 1. The summed E-state index contributed by atoms with van der Waals surface area (Å²) in [5.41, 5.74) is 5.67. The van der Waals surface area contributed by atoms with E-state index in [1.165, 1.54) is 4.57 Å². The summed E-state index contributed by atoms with van der Waals surface area (Å²) in [6.45, 7) is 2.02. The summed E-state index contributed by atoms with van der Waals surface area (Å²) in [7, 11) is 1.82. The molecular formula is C18H22N4O3. The number of rotatable bonds is 6. The largest absolute Gasteiger partial charge is 0.384 e. The predicted octanol–water partition coefficient (Wildman–Crippen LogP) is 1.33. The first-order chi connectivity index (χ1) is 11.9. The number of carbonyl (C=O) groups excluding carboxylic acids is 1. The zero-order chi connectivity index (χ0) is 18.1. The van der Waals surface area contributed by atoms with Crippen molar-refractivity contribution in [2.24, 2.45) is 0 Å². The van der Waals surface area contributed by atoms with E-state index in [4.69, 9.17) is 5.73 Å². The van der Waals surface area contributed by atoms with Crippen LogP contribution < -0.4 is 17.0 Å². The number of nitrogens with two attached hydrogens (primary N) is 1. The minimum absolute atomic E-state index is 0.000191. The zero-order valence-corrected chi connectivity index (χ0v) is 14.4. The van der Waals surface area contributed by atoms with E-state index in [9.17, 15) is 14.4 Å². The van der Waals surface area contributed by atoms with Crippen LogP contribution in [0.2, 0.25) is 0 Å². The average molecular weight is 342 g/mol. The average Bonchev–Trinajstić information content (AvgIpc) is 3.39. The number of ketones is 1. The molecule has 0 amide bonds. The van der Waals surface area contributed by atoms with E-state index in [1.54, 1.807) is 0 Å². The number of Topliss-reactive ketones (excluding diaryl/α,β-unsaturated/α-hetero) is 1. The van der Waals surface area contributed by atoms with Crippen molar-refractivity contribution in [2.45, 2.75) is 31.8 Å². The molecule has 7 heteroatoms. The van der Waals surface area contributed by atoms with Crippen molar-refractivity contribution < 1.29 is 4.79 Å². The minimum Gasteiger partial charge on any atom is -0.384 e. The zero-order valence-electron chi connectivity index (χ0n) is 14.4. The normalized spacial score (nSPS) is 15.3. The number of hydrogen-bond donors (Lipinski definition) is 2. The molecule has 1 fully saturated rings. The lowest BCUT2D eigenvalue weighted by Crippen LogP contribution is -2.38. The van der Waals surface area contributed by atoms with Gasteiger partial charge in [0.15, 0.2) is 5.78 Å². The van der Waals surface area contributed by atoms with Gasteiger partial charge in [-0.25, -0.2) is 4.79 Å². The fourth-order valence-corrected chi connectivity index (χ4v) is 2.96. The summed E-state index contributed by atoms with van der Waals surface area (Å²) in [4.78, 5) is 40.8. The number of aromatic amines is 1. The van der Waals surface area contributed by atoms with Gasteiger partial charge in [0.05, 0.1) is 6.54 Å². The summed E-state index contributed by atoms with van der Waals surface area (Å²) in [5.74, 6) is -0.416. The van der Waals surface area contributed by atoms with Crippen LogP contribution >= 0.6 is 0 Å². The van der Waals surface area contributed by atoms with Crippen LogP contribution in [-0.4, -0.2) is 33.8 Å². The molecule has 0 spiro atoms. The Bertz CT molecular complexity index is 897. The number of nitrogen functional groups attached to an aromatic ring is 1. The van der Waals surface area contributed by atoms with Crippen LogP contribution in [0.25, 0.3) is 0 Å². The molecular weight excluding hydrogens is 320 g/mol. The van der Waals surface area contributed by atoms with E-state index >= 15 is 0 Å². The third-order valence-electron chi connectivity index (χ3n) is 4.71. The second-order valence-electron chi connectivity index (χ2n) is 6.55. The van der Waals surface area contributed by atoms with Gasteiger partial charge in [-0.2, -0.15) is 0 Å². The Morgan fingerprint density at radius 3 is 2.56 bits per heavy atom. The Balaban J connectivity index is 1.85. The standard InChI is InChI=1S/C18H22N4O3/c1-11(12-6-4-3-5-7-12)21(2)10-14(23)15-16(19)22(13-8-9-13)18(25)20-17(15)24/h3-7,11,13H,8-10,19H2,1-2H3,(H,20,24,25). The molecule has 1 unspecified atom stereocenters. The molecule has 0 aliphatic heterocycles. The van der Waals surface area contributed by atoms with Gasteiger partial charge in [-0.1, -0.05) is 30.3 Å². The van der Waals surface area contributed by atoms with Crippen molar-refractivity contribution in [3.05, 3.63) is 62.3 Å². The molecule has 1 aliphatic rings. The highest BCUT2D eigenvalue weighted by Crippen LogP contribution is 2.35. The van der Waals surface area contributed by atoms with Gasteiger partial charge in [-0.15, -0.1) is 0 Å². The third-order valence-corrected chi connectivity index (χ3v) is 4.71. The van der Waals surface area contributed by atoms with Crippen molar-refractivity contribution >= 4 is 11.6 Å². The van der Waals surface area contributed by atoms with Gasteiger partial charge in [-0.3, -0.25) is 24.0 Å². The van der Waals surface area contributed by atoms with E-state index < -0.39 is 17.0 Å². The van der Waals surface area contributed by atoms with E-state index in [2.05, 4.69) is 4.98 Å². The Hall–Kier alpha value is -2.67. The Kier molecular flexibility index (Phi) is 4.59. The van der Waals surface area contributed by atoms with E-state index in [1.807, 2.05) is 49.2 Å². The first-order valence-corrected chi connectivity index (χ1v) is 8.32. The molecule has 1 aliphatic carbocycles. The van der Waals surface area contributed by atoms with Crippen molar-refractivity contribution in [1.82, 2.24) is 14.5 Å². The highest BCUT2D eigenvalue weighted by molar-refractivity contribution is 6.01. The van der Waals surface area contributed by atoms with Gasteiger partial charge in [0.25, 0.3) is 5.56 Å². The number of nitrogens with zero attached hydrogens (tertiary/aromatic N) is 2. The summed E-state index contributed by atoms with van der Waals surface area (Å²) >= 11 is 0. The highest BCUT2D eigenvalue weighted by Gasteiger charge is 2.30. The number of aromatic nitrogens is 2. The number of hydrogen-bond acceptors (Lipinski definition) is 5. The van der Waals surface area contributed by atoms with E-state index in [0.29, 0.717) is 0 Å². The molecule has 2 aromatic rings. The van der Waals surface area contributed by atoms with Gasteiger partial charge in [0.1, 0.15) is 11.4 Å². The van der Waals surface area contributed by atoms with Gasteiger partial charge in [0, 0.05) is 12.1 Å². The molecule has 1 atom stereocenters. The molecule has 0 saturated heterocycles. The van der Waals surface area contributed by atoms with Crippen molar-refractivity contribution in [3.8, 4) is 0 Å². The first-order valence-electron chi connectivity index (χ1n) is 8.32. The molecule has 1 aromatic heterocycles. The molecule has 3 rings (SSSR count). The van der Waals surface area contributed by atoms with E-state index in [0.717, 1.165) is 18.4 Å². The second kappa shape index (κ2) is 6.68. The quantitative estimate of drug-likeness (QED) is 0.771. The van der Waals surface area contributed by atoms with Crippen LogP contribution in [0.1, 0.15) is 47.8 Å². The topological polar surface area (TPSA) is 101 Å². The van der Waals surface area contributed by atoms with Gasteiger partial charge in [0.2, 0.25) is 0 Å². The second-order valence-corrected chi connectivity index (χ2v) is 6.55. The lowest BCUT2D eigenvalue weighted by molar-refractivity contribution is 0.0923. The smallest absolute Gasteiger partial charge is 0.330 e. The lowest BCUT2D eigenvalue weighted by Gasteiger charge is -2.24. The monoisotopic (exact) mass is 342 g/mol. The van der Waals surface area contributed by atoms with Crippen LogP contribution in [-0.2, 0) is 0 Å². The summed E-state index contributed by atoms with van der Waals surface area (Å²) in [5, 5.41) is 0. The first kappa shape index (κ1) is 17.2. The molecule has 0 bridgehead atoms. The Morgan fingerprint density at radius 2 is 1.96 bits per heavy atom. The summed E-state index contributed by atoms with van der Waals surface area (Å²) in [6.07, 6.45) is 1.66. The molecule has 7 nitrogen and oxygen atoms in total.